The fraction of sp³-hybridized carbons (Fsp3) is 0.208. The predicted molar refractivity (Wildman–Crippen MR) is 139 cm³/mol. The van der Waals surface area contributed by atoms with E-state index in [0.717, 1.165) is 11.1 Å². The van der Waals surface area contributed by atoms with E-state index in [1.165, 1.54) is 28.9 Å². The van der Waals surface area contributed by atoms with Gasteiger partial charge in [-0.3, -0.25) is 14.7 Å². The van der Waals surface area contributed by atoms with Gasteiger partial charge in [0.2, 0.25) is 10.0 Å². The van der Waals surface area contributed by atoms with Crippen LogP contribution in [0.15, 0.2) is 78.1 Å². The molecule has 0 spiro atoms. The van der Waals surface area contributed by atoms with Crippen LogP contribution >= 0.6 is 0 Å². The van der Waals surface area contributed by atoms with Gasteiger partial charge in [-0.1, -0.05) is 24.3 Å². The molecular formula is C24H24N6O4S2. The van der Waals surface area contributed by atoms with Gasteiger partial charge in [0.05, 0.1) is 40.3 Å². The lowest BCUT2D eigenvalue weighted by Crippen LogP contribution is -2.48. The summed E-state index contributed by atoms with van der Waals surface area (Å²) in [4.78, 5) is 15.7. The molecule has 12 heteroatoms. The van der Waals surface area contributed by atoms with Gasteiger partial charge in [0, 0.05) is 37.9 Å². The van der Waals surface area contributed by atoms with Crippen LogP contribution in [0.25, 0.3) is 22.2 Å². The van der Waals surface area contributed by atoms with Crippen LogP contribution < -0.4 is 9.62 Å². The van der Waals surface area contributed by atoms with Crippen LogP contribution in [0.1, 0.15) is 0 Å². The number of rotatable bonds is 6. The Kier molecular flexibility index (Phi) is 6.33. The predicted octanol–water partition coefficient (Wildman–Crippen LogP) is 2.57. The van der Waals surface area contributed by atoms with Crippen molar-refractivity contribution in [3.8, 4) is 11.1 Å². The Morgan fingerprint density at radius 3 is 2.28 bits per heavy atom. The number of nitrogens with one attached hydrogen (secondary N) is 1. The fourth-order valence-corrected chi connectivity index (χ4v) is 5.93. The first-order valence-corrected chi connectivity index (χ1v) is 14.5. The number of hydrogen-bond donors (Lipinski definition) is 1. The van der Waals surface area contributed by atoms with E-state index in [9.17, 15) is 16.8 Å². The molecular weight excluding hydrogens is 500 g/mol. The van der Waals surface area contributed by atoms with Crippen molar-refractivity contribution in [1.29, 1.82) is 0 Å². The maximum atomic E-state index is 12.7. The van der Waals surface area contributed by atoms with Crippen LogP contribution in [-0.2, 0) is 20.0 Å². The Hall–Kier alpha value is -3.61. The molecule has 0 amide bonds. The van der Waals surface area contributed by atoms with E-state index in [-0.39, 0.29) is 4.90 Å². The molecule has 1 aliphatic rings. The van der Waals surface area contributed by atoms with E-state index in [1.54, 1.807) is 36.7 Å². The summed E-state index contributed by atoms with van der Waals surface area (Å²) >= 11 is 0. The third-order valence-corrected chi connectivity index (χ3v) is 8.64. The molecule has 3 heterocycles. The van der Waals surface area contributed by atoms with Crippen LogP contribution in [0.2, 0.25) is 0 Å². The molecule has 10 nitrogen and oxygen atoms in total. The quantitative estimate of drug-likeness (QED) is 0.408. The van der Waals surface area contributed by atoms with Gasteiger partial charge in [-0.25, -0.2) is 21.8 Å². The normalized spacial score (nSPS) is 15.2. The maximum Gasteiger partial charge on any atom is 0.261 e. The lowest BCUT2D eigenvalue weighted by Gasteiger charge is -2.33. The lowest BCUT2D eigenvalue weighted by atomic mass is 10.1. The minimum Gasteiger partial charge on any atom is -0.353 e. The molecule has 0 unspecified atom stereocenters. The third kappa shape index (κ3) is 5.15. The van der Waals surface area contributed by atoms with Crippen molar-refractivity contribution in [3.05, 3.63) is 73.2 Å². The second-order valence-corrected chi connectivity index (χ2v) is 12.1. The molecule has 0 radical (unpaired) electrons. The van der Waals surface area contributed by atoms with E-state index in [2.05, 4.69) is 14.7 Å². The largest absolute Gasteiger partial charge is 0.353 e. The van der Waals surface area contributed by atoms with Crippen molar-refractivity contribution in [1.82, 2.24) is 19.3 Å². The Bertz CT molecular complexity index is 1620. The third-order valence-electron chi connectivity index (χ3n) is 5.94. The molecule has 1 aliphatic heterocycles. The van der Waals surface area contributed by atoms with Gasteiger partial charge in [-0.15, -0.1) is 0 Å². The minimum absolute atomic E-state index is 0.168. The average Bonchev–Trinajstić information content (AvgIpc) is 2.88. The summed E-state index contributed by atoms with van der Waals surface area (Å²) in [6.45, 7) is 1.85. The molecule has 186 valence electrons. The van der Waals surface area contributed by atoms with Crippen LogP contribution in [0.3, 0.4) is 0 Å². The zero-order valence-corrected chi connectivity index (χ0v) is 21.1. The molecule has 2 aromatic heterocycles. The number of piperazine rings is 1. The topological polar surface area (TPSA) is 125 Å². The first kappa shape index (κ1) is 24.1. The van der Waals surface area contributed by atoms with Gasteiger partial charge in [0.1, 0.15) is 5.82 Å². The number of nitrogens with zero attached hydrogens (tertiary/aromatic N) is 5. The molecule has 1 fully saturated rings. The Balaban J connectivity index is 1.39. The van der Waals surface area contributed by atoms with E-state index >= 15 is 0 Å². The molecule has 5 rings (SSSR count). The van der Waals surface area contributed by atoms with Crippen LogP contribution in [-0.4, -0.2) is 68.5 Å². The number of benzene rings is 2. The molecule has 4 aromatic rings. The summed E-state index contributed by atoms with van der Waals surface area (Å²) in [7, 11) is -6.95. The number of anilines is 2. The zero-order chi connectivity index (χ0) is 25.3. The van der Waals surface area contributed by atoms with Gasteiger partial charge < -0.3 is 4.90 Å². The second-order valence-electron chi connectivity index (χ2n) is 8.46. The van der Waals surface area contributed by atoms with Crippen molar-refractivity contribution in [2.75, 3.05) is 42.1 Å². The highest BCUT2D eigenvalue weighted by Gasteiger charge is 2.24. The van der Waals surface area contributed by atoms with Gasteiger partial charge in [-0.2, -0.15) is 4.31 Å². The molecule has 0 saturated carbocycles. The number of sulfonamides is 2. The molecule has 0 aliphatic carbocycles. The summed E-state index contributed by atoms with van der Waals surface area (Å²) < 4.78 is 53.0. The number of hydrogen-bond acceptors (Lipinski definition) is 8. The molecule has 2 aromatic carbocycles. The second kappa shape index (κ2) is 9.45. The van der Waals surface area contributed by atoms with Crippen molar-refractivity contribution >= 4 is 42.6 Å². The Morgan fingerprint density at radius 1 is 0.806 bits per heavy atom. The number of aromatic nitrogens is 3. The standard InChI is InChI=1S/C24H24N6O4S2/c1-35(31,32)30-11-9-29(10-12-30)24-17-26-22-8-7-18(14-23(22)27-24)19-13-20(16-25-15-19)28-36(33,34)21-5-3-2-4-6-21/h2-8,13-17,28H,9-12H2,1H3. The van der Waals surface area contributed by atoms with Crippen molar-refractivity contribution in [2.24, 2.45) is 0 Å². The van der Waals surface area contributed by atoms with Crippen LogP contribution in [0.5, 0.6) is 0 Å². The summed E-state index contributed by atoms with van der Waals surface area (Å²) in [6.07, 6.45) is 6.03. The molecule has 36 heavy (non-hydrogen) atoms. The Labute approximate surface area is 209 Å². The van der Waals surface area contributed by atoms with E-state index in [1.807, 2.05) is 23.1 Å². The fourth-order valence-electron chi connectivity index (χ4n) is 4.05. The summed E-state index contributed by atoms with van der Waals surface area (Å²) in [5, 5.41) is 0. The van der Waals surface area contributed by atoms with E-state index < -0.39 is 20.0 Å². The minimum atomic E-state index is -3.74. The summed E-state index contributed by atoms with van der Waals surface area (Å²) in [5.41, 5.74) is 3.26. The number of pyridine rings is 1. The molecule has 1 N–H and O–H groups in total. The monoisotopic (exact) mass is 524 g/mol. The van der Waals surface area contributed by atoms with Gasteiger partial charge in [-0.05, 0) is 35.9 Å². The van der Waals surface area contributed by atoms with Crippen molar-refractivity contribution in [2.45, 2.75) is 4.90 Å². The van der Waals surface area contributed by atoms with Crippen molar-refractivity contribution < 1.29 is 16.8 Å². The molecule has 1 saturated heterocycles. The van der Waals surface area contributed by atoms with Crippen LogP contribution in [0, 0.1) is 0 Å². The molecule has 0 atom stereocenters. The highest BCUT2D eigenvalue weighted by molar-refractivity contribution is 7.92. The van der Waals surface area contributed by atoms with Gasteiger partial charge >= 0.3 is 0 Å². The highest BCUT2D eigenvalue weighted by atomic mass is 32.2. The van der Waals surface area contributed by atoms with E-state index in [4.69, 9.17) is 4.98 Å². The average molecular weight is 525 g/mol. The maximum absolute atomic E-state index is 12.7. The van der Waals surface area contributed by atoms with E-state index in [0.29, 0.717) is 48.7 Å². The van der Waals surface area contributed by atoms with Crippen LogP contribution in [0.4, 0.5) is 11.5 Å². The smallest absolute Gasteiger partial charge is 0.261 e. The Morgan fingerprint density at radius 2 is 1.56 bits per heavy atom. The lowest BCUT2D eigenvalue weighted by molar-refractivity contribution is 0.387. The van der Waals surface area contributed by atoms with Gasteiger partial charge in [0.15, 0.2) is 0 Å². The zero-order valence-electron chi connectivity index (χ0n) is 19.4. The summed E-state index contributed by atoms with van der Waals surface area (Å²) in [6, 6.07) is 15.5. The van der Waals surface area contributed by atoms with Crippen molar-refractivity contribution in [3.63, 3.8) is 0 Å². The SMILES string of the molecule is CS(=O)(=O)N1CCN(c2cnc3ccc(-c4cncc(NS(=O)(=O)c5ccccc5)c4)cc3n2)CC1. The van der Waals surface area contributed by atoms with Gasteiger partial charge in [0.25, 0.3) is 10.0 Å². The highest BCUT2D eigenvalue weighted by Crippen LogP contribution is 2.27. The first-order valence-electron chi connectivity index (χ1n) is 11.2. The molecule has 0 bridgehead atoms. The first-order chi connectivity index (χ1) is 17.2. The number of fused-ring (bicyclic) bond motifs is 1. The summed E-state index contributed by atoms with van der Waals surface area (Å²) in [5.74, 6) is 0.676.